The van der Waals surface area contributed by atoms with Crippen LogP contribution in [0.4, 0.5) is 5.69 Å². The standard InChI is InChI=1S/C11H15N3O/c12-10(15)7-13-6-9-3-1-2-8-4-5-14-11(8)9/h1-3,13-14H,4-7H2,(H2,12,15). The van der Waals surface area contributed by atoms with Crippen molar-refractivity contribution in [2.24, 2.45) is 5.73 Å². The van der Waals surface area contributed by atoms with E-state index in [2.05, 4.69) is 22.8 Å². The number of benzene rings is 1. The van der Waals surface area contributed by atoms with E-state index in [4.69, 9.17) is 5.73 Å². The fourth-order valence-corrected chi connectivity index (χ4v) is 1.88. The second-order valence-electron chi connectivity index (χ2n) is 3.70. The number of hydrogen-bond donors (Lipinski definition) is 3. The molecule has 0 spiro atoms. The second kappa shape index (κ2) is 4.31. The summed E-state index contributed by atoms with van der Waals surface area (Å²) in [5.74, 6) is -0.324. The molecule has 15 heavy (non-hydrogen) atoms. The molecule has 0 aromatic heterocycles. The van der Waals surface area contributed by atoms with Crippen LogP contribution in [0.15, 0.2) is 18.2 Å². The highest BCUT2D eigenvalue weighted by Gasteiger charge is 2.12. The average molecular weight is 205 g/mol. The highest BCUT2D eigenvalue weighted by molar-refractivity contribution is 5.75. The van der Waals surface area contributed by atoms with Crippen molar-refractivity contribution in [1.82, 2.24) is 5.32 Å². The van der Waals surface area contributed by atoms with Crippen molar-refractivity contribution in [3.63, 3.8) is 0 Å². The smallest absolute Gasteiger partial charge is 0.231 e. The van der Waals surface area contributed by atoms with Gasteiger partial charge in [-0.15, -0.1) is 0 Å². The molecular weight excluding hydrogens is 190 g/mol. The second-order valence-corrected chi connectivity index (χ2v) is 3.70. The lowest BCUT2D eigenvalue weighted by molar-refractivity contribution is -0.117. The number of para-hydroxylation sites is 1. The summed E-state index contributed by atoms with van der Waals surface area (Å²) < 4.78 is 0. The first-order valence-electron chi connectivity index (χ1n) is 5.11. The van der Waals surface area contributed by atoms with Gasteiger partial charge in [0, 0.05) is 18.8 Å². The van der Waals surface area contributed by atoms with Crippen LogP contribution < -0.4 is 16.4 Å². The molecule has 0 unspecified atom stereocenters. The van der Waals surface area contributed by atoms with Crippen LogP contribution in [-0.4, -0.2) is 19.0 Å². The van der Waals surface area contributed by atoms with Crippen molar-refractivity contribution in [3.8, 4) is 0 Å². The van der Waals surface area contributed by atoms with Crippen molar-refractivity contribution in [3.05, 3.63) is 29.3 Å². The lowest BCUT2D eigenvalue weighted by Crippen LogP contribution is -2.28. The van der Waals surface area contributed by atoms with Gasteiger partial charge in [-0.1, -0.05) is 18.2 Å². The number of nitrogens with one attached hydrogen (secondary N) is 2. The van der Waals surface area contributed by atoms with Crippen molar-refractivity contribution in [1.29, 1.82) is 0 Å². The summed E-state index contributed by atoms with van der Waals surface area (Å²) >= 11 is 0. The minimum Gasteiger partial charge on any atom is -0.384 e. The van der Waals surface area contributed by atoms with E-state index < -0.39 is 0 Å². The minimum absolute atomic E-state index is 0.226. The molecule has 0 bridgehead atoms. The summed E-state index contributed by atoms with van der Waals surface area (Å²) in [6, 6.07) is 6.24. The molecule has 2 rings (SSSR count). The third-order valence-corrected chi connectivity index (χ3v) is 2.55. The molecule has 0 atom stereocenters. The summed E-state index contributed by atoms with van der Waals surface area (Å²) in [6.45, 7) is 1.91. The summed E-state index contributed by atoms with van der Waals surface area (Å²) in [4.78, 5) is 10.6. The first-order valence-corrected chi connectivity index (χ1v) is 5.11. The van der Waals surface area contributed by atoms with E-state index in [9.17, 15) is 4.79 Å². The van der Waals surface area contributed by atoms with E-state index in [0.717, 1.165) is 13.0 Å². The topological polar surface area (TPSA) is 67.2 Å². The van der Waals surface area contributed by atoms with Crippen LogP contribution in [0, 0.1) is 0 Å². The number of nitrogens with two attached hydrogens (primary N) is 1. The Bertz CT molecular complexity index is 376. The number of rotatable bonds is 4. The molecule has 1 heterocycles. The van der Waals surface area contributed by atoms with Crippen LogP contribution in [0.5, 0.6) is 0 Å². The molecular formula is C11H15N3O. The highest BCUT2D eigenvalue weighted by atomic mass is 16.1. The van der Waals surface area contributed by atoms with Crippen molar-refractivity contribution in [2.75, 3.05) is 18.4 Å². The fraction of sp³-hybridized carbons (Fsp3) is 0.364. The Kier molecular flexibility index (Phi) is 2.87. The molecule has 4 N–H and O–H groups in total. The molecule has 0 aliphatic carbocycles. The molecule has 1 aromatic carbocycles. The molecule has 1 aliphatic heterocycles. The van der Waals surface area contributed by atoms with Gasteiger partial charge < -0.3 is 16.4 Å². The van der Waals surface area contributed by atoms with E-state index in [1.807, 2.05) is 6.07 Å². The Labute approximate surface area is 88.9 Å². The predicted molar refractivity (Wildman–Crippen MR) is 59.5 cm³/mol. The first kappa shape index (κ1) is 9.98. The molecule has 80 valence electrons. The van der Waals surface area contributed by atoms with Gasteiger partial charge >= 0.3 is 0 Å². The molecule has 1 aromatic rings. The van der Waals surface area contributed by atoms with Crippen LogP contribution in [0.3, 0.4) is 0 Å². The quantitative estimate of drug-likeness (QED) is 0.659. The summed E-state index contributed by atoms with van der Waals surface area (Å²) in [5.41, 5.74) is 8.82. The number of hydrogen-bond acceptors (Lipinski definition) is 3. The number of primary amides is 1. The lowest BCUT2D eigenvalue weighted by Gasteiger charge is -2.08. The van der Waals surface area contributed by atoms with Crippen molar-refractivity contribution >= 4 is 11.6 Å². The third-order valence-electron chi connectivity index (χ3n) is 2.55. The SMILES string of the molecule is NC(=O)CNCc1cccc2c1NCC2. The summed E-state index contributed by atoms with van der Waals surface area (Å²) in [5, 5.41) is 6.37. The van der Waals surface area contributed by atoms with Crippen molar-refractivity contribution < 1.29 is 4.79 Å². The van der Waals surface area contributed by atoms with E-state index in [0.29, 0.717) is 6.54 Å². The molecule has 0 fully saturated rings. The zero-order valence-electron chi connectivity index (χ0n) is 8.55. The van der Waals surface area contributed by atoms with Crippen LogP contribution in [-0.2, 0) is 17.8 Å². The number of carbonyl (C=O) groups is 1. The number of amides is 1. The third kappa shape index (κ3) is 2.27. The molecule has 4 nitrogen and oxygen atoms in total. The Hall–Kier alpha value is -1.55. The maximum Gasteiger partial charge on any atom is 0.231 e. The summed E-state index contributed by atoms with van der Waals surface area (Å²) in [6.07, 6.45) is 1.08. The Morgan fingerprint density at radius 3 is 3.20 bits per heavy atom. The molecule has 1 amide bonds. The van der Waals surface area contributed by atoms with Crippen LogP contribution in [0.2, 0.25) is 0 Å². The number of carbonyl (C=O) groups excluding carboxylic acids is 1. The zero-order chi connectivity index (χ0) is 10.7. The lowest BCUT2D eigenvalue weighted by atomic mass is 10.1. The molecule has 1 aliphatic rings. The van der Waals surface area contributed by atoms with E-state index in [-0.39, 0.29) is 12.5 Å². The monoisotopic (exact) mass is 205 g/mol. The van der Waals surface area contributed by atoms with Gasteiger partial charge in [0.1, 0.15) is 0 Å². The molecule has 0 saturated heterocycles. The van der Waals surface area contributed by atoms with Gasteiger partial charge in [-0.3, -0.25) is 4.79 Å². The molecule has 0 radical (unpaired) electrons. The van der Waals surface area contributed by atoms with Gasteiger partial charge in [0.25, 0.3) is 0 Å². The molecule has 0 saturated carbocycles. The fourth-order valence-electron chi connectivity index (χ4n) is 1.88. The van der Waals surface area contributed by atoms with Gasteiger partial charge in [-0.25, -0.2) is 0 Å². The van der Waals surface area contributed by atoms with Gasteiger partial charge in [-0.2, -0.15) is 0 Å². The van der Waals surface area contributed by atoms with Gasteiger partial charge in [-0.05, 0) is 17.5 Å². The Morgan fingerprint density at radius 2 is 2.40 bits per heavy atom. The van der Waals surface area contributed by atoms with Gasteiger partial charge in [0.2, 0.25) is 5.91 Å². The predicted octanol–water partition coefficient (Wildman–Crippen LogP) is 0.229. The average Bonchev–Trinajstić information content (AvgIpc) is 2.65. The minimum atomic E-state index is -0.324. The van der Waals surface area contributed by atoms with E-state index >= 15 is 0 Å². The first-order chi connectivity index (χ1) is 7.27. The normalized spacial score (nSPS) is 13.3. The summed E-state index contributed by atoms with van der Waals surface area (Å²) in [7, 11) is 0. The van der Waals surface area contributed by atoms with E-state index in [1.54, 1.807) is 0 Å². The molecule has 4 heteroatoms. The number of anilines is 1. The largest absolute Gasteiger partial charge is 0.384 e. The van der Waals surface area contributed by atoms with Crippen LogP contribution in [0.1, 0.15) is 11.1 Å². The van der Waals surface area contributed by atoms with Gasteiger partial charge in [0.15, 0.2) is 0 Å². The maximum absolute atomic E-state index is 10.6. The maximum atomic E-state index is 10.6. The van der Waals surface area contributed by atoms with Gasteiger partial charge in [0.05, 0.1) is 6.54 Å². The van der Waals surface area contributed by atoms with Crippen LogP contribution in [0.25, 0.3) is 0 Å². The Morgan fingerprint density at radius 1 is 1.53 bits per heavy atom. The highest BCUT2D eigenvalue weighted by Crippen LogP contribution is 2.25. The number of fused-ring (bicyclic) bond motifs is 1. The zero-order valence-corrected chi connectivity index (χ0v) is 8.55. The van der Waals surface area contributed by atoms with Crippen LogP contribution >= 0.6 is 0 Å². The van der Waals surface area contributed by atoms with E-state index in [1.165, 1.54) is 16.8 Å². The van der Waals surface area contributed by atoms with Crippen molar-refractivity contribution in [2.45, 2.75) is 13.0 Å². The Balaban J connectivity index is 2.02.